The Morgan fingerprint density at radius 3 is 1.60 bits per heavy atom. The van der Waals surface area contributed by atoms with Gasteiger partial charge in [-0.1, -0.05) is 24.3 Å². The van der Waals surface area contributed by atoms with Crippen LogP contribution in [0.25, 0.3) is 0 Å². The fraction of sp³-hybridized carbons (Fsp3) is 0.231. The molecule has 2 rings (SSSR count). The Bertz CT molecular complexity index is 380. The SMILES string of the molecule is O=C1C=CC(CC2=CCC(=O)C=C2)=CC1. The van der Waals surface area contributed by atoms with E-state index in [-0.39, 0.29) is 11.6 Å². The van der Waals surface area contributed by atoms with Crippen LogP contribution in [0.15, 0.2) is 47.6 Å². The number of hydrogen-bond acceptors (Lipinski definition) is 2. The highest BCUT2D eigenvalue weighted by atomic mass is 16.1. The van der Waals surface area contributed by atoms with Gasteiger partial charge >= 0.3 is 0 Å². The van der Waals surface area contributed by atoms with E-state index in [1.165, 1.54) is 0 Å². The fourth-order valence-electron chi connectivity index (χ4n) is 1.63. The van der Waals surface area contributed by atoms with E-state index >= 15 is 0 Å². The maximum absolute atomic E-state index is 10.9. The van der Waals surface area contributed by atoms with Crippen LogP contribution in [0.5, 0.6) is 0 Å². The maximum Gasteiger partial charge on any atom is 0.159 e. The van der Waals surface area contributed by atoms with Crippen LogP contribution in [0.4, 0.5) is 0 Å². The predicted molar refractivity (Wildman–Crippen MR) is 58.3 cm³/mol. The molecule has 0 spiro atoms. The van der Waals surface area contributed by atoms with Gasteiger partial charge in [0.05, 0.1) is 0 Å². The molecule has 76 valence electrons. The first kappa shape index (κ1) is 9.84. The highest BCUT2D eigenvalue weighted by Gasteiger charge is 2.07. The van der Waals surface area contributed by atoms with E-state index in [4.69, 9.17) is 0 Å². The highest BCUT2D eigenvalue weighted by molar-refractivity contribution is 5.93. The Morgan fingerprint density at radius 1 is 0.800 bits per heavy atom. The Labute approximate surface area is 88.7 Å². The van der Waals surface area contributed by atoms with Crippen molar-refractivity contribution < 1.29 is 9.59 Å². The second kappa shape index (κ2) is 4.22. The first-order valence-electron chi connectivity index (χ1n) is 5.04. The average Bonchev–Trinajstić information content (AvgIpc) is 2.25. The predicted octanol–water partition coefficient (Wildman–Crippen LogP) is 2.29. The largest absolute Gasteiger partial charge is 0.295 e. The van der Waals surface area contributed by atoms with Crippen LogP contribution in [0.2, 0.25) is 0 Å². The number of allylic oxidation sites excluding steroid dienone is 8. The van der Waals surface area contributed by atoms with E-state index in [1.54, 1.807) is 12.2 Å². The molecule has 0 aliphatic heterocycles. The van der Waals surface area contributed by atoms with Crippen molar-refractivity contribution in [2.45, 2.75) is 19.3 Å². The van der Waals surface area contributed by atoms with Gasteiger partial charge in [0.2, 0.25) is 0 Å². The second-order valence-corrected chi connectivity index (χ2v) is 3.74. The van der Waals surface area contributed by atoms with Gasteiger partial charge in [0.25, 0.3) is 0 Å². The Hall–Kier alpha value is -1.70. The van der Waals surface area contributed by atoms with Crippen LogP contribution in [0, 0.1) is 0 Å². The molecule has 0 saturated carbocycles. The van der Waals surface area contributed by atoms with Crippen LogP contribution in [-0.4, -0.2) is 11.6 Å². The van der Waals surface area contributed by atoms with E-state index in [1.807, 2.05) is 24.3 Å². The zero-order valence-electron chi connectivity index (χ0n) is 8.40. The van der Waals surface area contributed by atoms with Crippen LogP contribution >= 0.6 is 0 Å². The Balaban J connectivity index is 1.99. The molecule has 0 bridgehead atoms. The lowest BCUT2D eigenvalue weighted by Gasteiger charge is -2.09. The molecule has 2 heteroatoms. The molecule has 2 aliphatic carbocycles. The molecular weight excluding hydrogens is 188 g/mol. The van der Waals surface area contributed by atoms with Crippen LogP contribution < -0.4 is 0 Å². The molecule has 0 aromatic carbocycles. The summed E-state index contributed by atoms with van der Waals surface area (Å²) in [4.78, 5) is 21.9. The number of carbonyl (C=O) groups is 2. The van der Waals surface area contributed by atoms with Gasteiger partial charge in [-0.25, -0.2) is 0 Å². The summed E-state index contributed by atoms with van der Waals surface area (Å²) in [5.41, 5.74) is 2.31. The molecule has 0 aromatic rings. The van der Waals surface area contributed by atoms with Crippen molar-refractivity contribution in [3.63, 3.8) is 0 Å². The summed E-state index contributed by atoms with van der Waals surface area (Å²) < 4.78 is 0. The Kier molecular flexibility index (Phi) is 2.77. The lowest BCUT2D eigenvalue weighted by molar-refractivity contribution is -0.114. The Morgan fingerprint density at radius 2 is 1.27 bits per heavy atom. The number of rotatable bonds is 2. The van der Waals surface area contributed by atoms with E-state index < -0.39 is 0 Å². The summed E-state index contributed by atoms with van der Waals surface area (Å²) in [6, 6.07) is 0. The first-order valence-corrected chi connectivity index (χ1v) is 5.04. The topological polar surface area (TPSA) is 34.1 Å². The lowest BCUT2D eigenvalue weighted by atomic mass is 9.96. The minimum atomic E-state index is 0.155. The van der Waals surface area contributed by atoms with Gasteiger partial charge in [-0.3, -0.25) is 9.59 Å². The van der Waals surface area contributed by atoms with Crippen molar-refractivity contribution >= 4 is 11.6 Å². The fourth-order valence-corrected chi connectivity index (χ4v) is 1.63. The van der Waals surface area contributed by atoms with Gasteiger partial charge in [0.15, 0.2) is 11.6 Å². The zero-order chi connectivity index (χ0) is 10.7. The summed E-state index contributed by atoms with van der Waals surface area (Å²) in [6.45, 7) is 0. The summed E-state index contributed by atoms with van der Waals surface area (Å²) >= 11 is 0. The summed E-state index contributed by atoms with van der Waals surface area (Å²) in [5.74, 6) is 0.309. The molecule has 0 heterocycles. The molecule has 0 fully saturated rings. The molecule has 0 N–H and O–H groups in total. The third kappa shape index (κ3) is 2.62. The highest BCUT2D eigenvalue weighted by Crippen LogP contribution is 2.20. The molecule has 0 unspecified atom stereocenters. The molecule has 0 atom stereocenters. The van der Waals surface area contributed by atoms with E-state index in [0.29, 0.717) is 12.8 Å². The van der Waals surface area contributed by atoms with Crippen molar-refractivity contribution in [2.75, 3.05) is 0 Å². The molecule has 0 radical (unpaired) electrons. The molecule has 2 aliphatic rings. The number of ketones is 2. The third-order valence-corrected chi connectivity index (χ3v) is 2.51. The minimum absolute atomic E-state index is 0.155. The zero-order valence-corrected chi connectivity index (χ0v) is 8.40. The molecule has 0 saturated heterocycles. The maximum atomic E-state index is 10.9. The smallest absolute Gasteiger partial charge is 0.159 e. The molecule has 0 amide bonds. The van der Waals surface area contributed by atoms with Gasteiger partial charge in [-0.2, -0.15) is 0 Å². The monoisotopic (exact) mass is 200 g/mol. The normalized spacial score (nSPS) is 20.3. The van der Waals surface area contributed by atoms with Crippen molar-refractivity contribution in [1.29, 1.82) is 0 Å². The van der Waals surface area contributed by atoms with Crippen LogP contribution in [0.3, 0.4) is 0 Å². The third-order valence-electron chi connectivity index (χ3n) is 2.51. The number of carbonyl (C=O) groups excluding carboxylic acids is 2. The van der Waals surface area contributed by atoms with Gasteiger partial charge in [-0.05, 0) is 29.7 Å². The average molecular weight is 200 g/mol. The van der Waals surface area contributed by atoms with Crippen molar-refractivity contribution in [3.8, 4) is 0 Å². The summed E-state index contributed by atoms with van der Waals surface area (Å²) in [6.07, 6.45) is 12.7. The van der Waals surface area contributed by atoms with Crippen LogP contribution in [0.1, 0.15) is 19.3 Å². The second-order valence-electron chi connectivity index (χ2n) is 3.74. The van der Waals surface area contributed by atoms with Crippen LogP contribution in [-0.2, 0) is 9.59 Å². The van der Waals surface area contributed by atoms with Gasteiger partial charge < -0.3 is 0 Å². The van der Waals surface area contributed by atoms with Crippen molar-refractivity contribution in [3.05, 3.63) is 47.6 Å². The quantitative estimate of drug-likeness (QED) is 0.685. The molecule has 2 nitrogen and oxygen atoms in total. The van der Waals surface area contributed by atoms with Gasteiger partial charge in [0, 0.05) is 12.8 Å². The van der Waals surface area contributed by atoms with E-state index in [9.17, 15) is 9.59 Å². The summed E-state index contributed by atoms with van der Waals surface area (Å²) in [5, 5.41) is 0. The number of hydrogen-bond donors (Lipinski definition) is 0. The molecule has 0 aromatic heterocycles. The van der Waals surface area contributed by atoms with E-state index in [2.05, 4.69) is 0 Å². The summed E-state index contributed by atoms with van der Waals surface area (Å²) in [7, 11) is 0. The van der Waals surface area contributed by atoms with Crippen molar-refractivity contribution in [1.82, 2.24) is 0 Å². The molecular formula is C13H12O2. The minimum Gasteiger partial charge on any atom is -0.295 e. The molecule has 15 heavy (non-hydrogen) atoms. The lowest BCUT2D eigenvalue weighted by Crippen LogP contribution is -2.00. The van der Waals surface area contributed by atoms with Gasteiger partial charge in [0.1, 0.15) is 0 Å². The standard InChI is InChI=1S/C13H12O2/c14-12-5-1-10(2-6-12)9-11-3-7-13(15)8-4-11/h1-5,7H,6,8-9H2. The first-order chi connectivity index (χ1) is 7.24. The van der Waals surface area contributed by atoms with E-state index in [0.717, 1.165) is 17.6 Å². The van der Waals surface area contributed by atoms with Crippen molar-refractivity contribution in [2.24, 2.45) is 0 Å². The van der Waals surface area contributed by atoms with Gasteiger partial charge in [-0.15, -0.1) is 0 Å².